The monoisotopic (exact) mass is 237 g/mol. The molecule has 3 N–H and O–H groups in total. The lowest BCUT2D eigenvalue weighted by molar-refractivity contribution is -0.134. The van der Waals surface area contributed by atoms with Crippen LogP contribution in [-0.4, -0.2) is 46.9 Å². The lowest BCUT2D eigenvalue weighted by Gasteiger charge is -2.13. The molecule has 0 fully saturated rings. The molecule has 0 radical (unpaired) electrons. The van der Waals surface area contributed by atoms with E-state index in [0.29, 0.717) is 0 Å². The topological polar surface area (TPSA) is 89.1 Å². The van der Waals surface area contributed by atoms with E-state index < -0.39 is 5.97 Å². The predicted molar refractivity (Wildman–Crippen MR) is 66.7 cm³/mol. The van der Waals surface area contributed by atoms with Crippen LogP contribution in [0.1, 0.15) is 41.5 Å². The average Bonchev–Trinajstić information content (AvgIpc) is 2.05. The number of hydrogen-bond donors (Lipinski definition) is 1. The number of carboxylic acids is 1. The smallest absolute Gasteiger partial charge is 0.300 e. The van der Waals surface area contributed by atoms with Crippen molar-refractivity contribution < 1.29 is 20.2 Å². The Morgan fingerprint density at radius 2 is 1.06 bits per heavy atom. The molecule has 0 bridgehead atoms. The van der Waals surface area contributed by atoms with Gasteiger partial charge in [0.15, 0.2) is 0 Å². The quantitative estimate of drug-likeness (QED) is 0.799. The Hall–Kier alpha value is -0.940. The van der Waals surface area contributed by atoms with Crippen LogP contribution < -0.4 is 0 Å². The summed E-state index contributed by atoms with van der Waals surface area (Å²) >= 11 is 0. The van der Waals surface area contributed by atoms with Crippen molar-refractivity contribution in [1.82, 2.24) is 4.90 Å². The van der Waals surface area contributed by atoms with Crippen LogP contribution in [-0.2, 0) is 9.59 Å². The van der Waals surface area contributed by atoms with Gasteiger partial charge in [-0.3, -0.25) is 4.79 Å². The van der Waals surface area contributed by atoms with Gasteiger partial charge in [0.05, 0.1) is 0 Å². The van der Waals surface area contributed by atoms with Crippen molar-refractivity contribution in [3.8, 4) is 0 Å². The van der Waals surface area contributed by atoms with Crippen molar-refractivity contribution in [2.45, 2.75) is 41.5 Å². The summed E-state index contributed by atoms with van der Waals surface area (Å²) < 4.78 is 0. The molecule has 0 aliphatic rings. The van der Waals surface area contributed by atoms with Gasteiger partial charge in [-0.2, -0.15) is 0 Å². The van der Waals surface area contributed by atoms with Crippen molar-refractivity contribution >= 4 is 11.8 Å². The number of nitrogens with zero attached hydrogens (tertiary/aromatic N) is 1. The summed E-state index contributed by atoms with van der Waals surface area (Å²) in [5.41, 5.74) is 0. The number of hydrogen-bond acceptors (Lipinski definition) is 3. The summed E-state index contributed by atoms with van der Waals surface area (Å²) in [7, 11) is 0. The highest BCUT2D eigenvalue weighted by molar-refractivity contribution is 5.72. The van der Waals surface area contributed by atoms with Gasteiger partial charge in [-0.05, 0) is 33.5 Å². The maximum atomic E-state index is 9.44. The summed E-state index contributed by atoms with van der Waals surface area (Å²) in [6.45, 7) is 14.3. The first-order valence-electron chi connectivity index (χ1n) is 5.20. The Kier molecular flexibility index (Phi) is 29.8. The predicted octanol–water partition coefficient (Wildman–Crippen LogP) is 1.21. The number of aliphatic carboxylic acids is 1. The van der Waals surface area contributed by atoms with Gasteiger partial charge < -0.3 is 20.3 Å². The van der Waals surface area contributed by atoms with Gasteiger partial charge in [0.2, 0.25) is 0 Å². The van der Waals surface area contributed by atoms with Gasteiger partial charge in [0, 0.05) is 6.92 Å². The summed E-state index contributed by atoms with van der Waals surface area (Å²) in [6, 6.07) is 0. The second-order valence-electron chi connectivity index (χ2n) is 3.05. The molecule has 0 aliphatic carbocycles. The molecule has 0 aromatic rings. The fourth-order valence-corrected chi connectivity index (χ4v) is 0.671. The van der Waals surface area contributed by atoms with Gasteiger partial charge in [0.25, 0.3) is 5.97 Å². The first-order valence-corrected chi connectivity index (χ1v) is 5.20. The minimum Gasteiger partial charge on any atom is -0.481 e. The van der Waals surface area contributed by atoms with Crippen molar-refractivity contribution in [3.05, 3.63) is 0 Å². The van der Waals surface area contributed by atoms with Crippen LogP contribution in [0.25, 0.3) is 0 Å². The molecule has 0 saturated heterocycles. The fraction of sp³-hybridized carbons (Fsp3) is 0.818. The first kappa shape index (κ1) is 24.3. The van der Waals surface area contributed by atoms with Gasteiger partial charge in [0.1, 0.15) is 5.78 Å². The zero-order valence-electron chi connectivity index (χ0n) is 11.3. The number of carboxylic acid groups (broad SMARTS) is 1. The highest BCUT2D eigenvalue weighted by Gasteiger charge is 1.89. The number of carbonyl (C=O) groups excluding carboxylic acids is 1. The average molecular weight is 237 g/mol. The van der Waals surface area contributed by atoms with Crippen LogP contribution >= 0.6 is 0 Å². The van der Waals surface area contributed by atoms with Crippen LogP contribution in [0.2, 0.25) is 0 Å². The third kappa shape index (κ3) is 74.2. The Balaban J connectivity index is -0.0000000700. The first-order chi connectivity index (χ1) is 6.81. The Morgan fingerprint density at radius 3 is 1.06 bits per heavy atom. The standard InChI is InChI=1S/C6H15N.C3H6O.C2H4O2.H2O/c1-4-7(5-2)6-3;1-3(2)4;1-2(3)4;/h4-6H2,1-3H3;1-2H3;1H3,(H,3,4);1H2. The highest BCUT2D eigenvalue weighted by Crippen LogP contribution is 1.81. The second-order valence-corrected chi connectivity index (χ2v) is 3.05. The molecule has 5 heteroatoms. The third-order valence-electron chi connectivity index (χ3n) is 1.34. The van der Waals surface area contributed by atoms with Gasteiger partial charge >= 0.3 is 0 Å². The number of rotatable bonds is 3. The van der Waals surface area contributed by atoms with Crippen LogP contribution in [0.15, 0.2) is 0 Å². The van der Waals surface area contributed by atoms with Crippen molar-refractivity contribution in [3.63, 3.8) is 0 Å². The Morgan fingerprint density at radius 1 is 0.938 bits per heavy atom. The van der Waals surface area contributed by atoms with Crippen LogP contribution in [0.5, 0.6) is 0 Å². The van der Waals surface area contributed by atoms with E-state index in [1.54, 1.807) is 0 Å². The third-order valence-corrected chi connectivity index (χ3v) is 1.34. The summed E-state index contributed by atoms with van der Waals surface area (Å²) in [4.78, 5) is 20.8. The zero-order valence-corrected chi connectivity index (χ0v) is 11.3. The molecule has 0 amide bonds. The molecule has 0 saturated carbocycles. The Labute approximate surface area is 98.8 Å². The van der Waals surface area contributed by atoms with Crippen LogP contribution in [0.3, 0.4) is 0 Å². The maximum Gasteiger partial charge on any atom is 0.300 e. The SMILES string of the molecule is CC(=O)O.CC(C)=O.CCN(CC)CC.O. The lowest BCUT2D eigenvalue weighted by Crippen LogP contribution is -2.21. The minimum absolute atomic E-state index is 0. The highest BCUT2D eigenvalue weighted by atomic mass is 16.4. The van der Waals surface area contributed by atoms with E-state index >= 15 is 0 Å². The zero-order chi connectivity index (χ0) is 12.9. The number of Topliss-reactive ketones (excluding diaryl/α,β-unsaturated/α-hetero) is 1. The molecule has 0 spiro atoms. The van der Waals surface area contributed by atoms with E-state index in [1.165, 1.54) is 33.5 Å². The molecule has 0 unspecified atom stereocenters. The summed E-state index contributed by atoms with van der Waals surface area (Å²) in [5, 5.41) is 7.42. The molecule has 5 nitrogen and oxygen atoms in total. The van der Waals surface area contributed by atoms with E-state index in [2.05, 4.69) is 25.7 Å². The second kappa shape index (κ2) is 19.6. The normalized spacial score (nSPS) is 7.69. The van der Waals surface area contributed by atoms with E-state index in [0.717, 1.165) is 6.92 Å². The molecule has 0 aromatic heterocycles. The molecule has 16 heavy (non-hydrogen) atoms. The van der Waals surface area contributed by atoms with Gasteiger partial charge in [-0.15, -0.1) is 0 Å². The van der Waals surface area contributed by atoms with Gasteiger partial charge in [-0.1, -0.05) is 20.8 Å². The van der Waals surface area contributed by atoms with Crippen LogP contribution in [0, 0.1) is 0 Å². The summed E-state index contributed by atoms with van der Waals surface area (Å²) in [6.07, 6.45) is 0. The molecule has 0 heterocycles. The summed E-state index contributed by atoms with van der Waals surface area (Å²) in [5.74, 6) is -0.667. The molecular weight excluding hydrogens is 210 g/mol. The molecule has 100 valence electrons. The fourth-order valence-electron chi connectivity index (χ4n) is 0.671. The van der Waals surface area contributed by atoms with Gasteiger partial charge in [-0.25, -0.2) is 0 Å². The minimum atomic E-state index is -0.833. The molecular formula is C11H27NO4. The van der Waals surface area contributed by atoms with Crippen molar-refractivity contribution in [2.24, 2.45) is 0 Å². The number of carbonyl (C=O) groups is 2. The maximum absolute atomic E-state index is 9.44. The molecule has 0 atom stereocenters. The van der Waals surface area contributed by atoms with E-state index in [-0.39, 0.29) is 11.3 Å². The van der Waals surface area contributed by atoms with Crippen molar-refractivity contribution in [2.75, 3.05) is 19.6 Å². The lowest BCUT2D eigenvalue weighted by atomic mass is 10.5. The van der Waals surface area contributed by atoms with E-state index in [9.17, 15) is 4.79 Å². The largest absolute Gasteiger partial charge is 0.481 e. The van der Waals surface area contributed by atoms with Crippen molar-refractivity contribution in [1.29, 1.82) is 0 Å². The molecule has 0 rings (SSSR count). The molecule has 0 aromatic carbocycles. The van der Waals surface area contributed by atoms with Crippen LogP contribution in [0.4, 0.5) is 0 Å². The molecule has 0 aliphatic heterocycles. The van der Waals surface area contributed by atoms with E-state index in [1.807, 2.05) is 0 Å². The number of ketones is 1. The van der Waals surface area contributed by atoms with E-state index in [4.69, 9.17) is 9.90 Å². The Bertz CT molecular complexity index is 131.